The van der Waals surface area contributed by atoms with Crippen molar-refractivity contribution in [2.75, 3.05) is 0 Å². The maximum atomic E-state index is 13.5. The minimum atomic E-state index is -1.21. The fourth-order valence-corrected chi connectivity index (χ4v) is 4.23. The SMILES string of the molecule is O=C(O)c1c(O)c(C2(c3ccc(F)cc3)CC2)nc2c(-c3ccccc3)cccc12. The highest BCUT2D eigenvalue weighted by atomic mass is 19.1. The number of benzene rings is 3. The van der Waals surface area contributed by atoms with Gasteiger partial charge in [0.1, 0.15) is 11.4 Å². The number of pyridine rings is 1. The molecule has 0 bridgehead atoms. The molecule has 0 amide bonds. The van der Waals surface area contributed by atoms with Crippen LogP contribution in [0.1, 0.15) is 34.5 Å². The molecular formula is C25H18FNO3. The molecule has 0 aliphatic heterocycles. The van der Waals surface area contributed by atoms with Crippen LogP contribution in [-0.2, 0) is 5.41 Å². The van der Waals surface area contributed by atoms with E-state index in [2.05, 4.69) is 0 Å². The summed E-state index contributed by atoms with van der Waals surface area (Å²) in [6.45, 7) is 0. The summed E-state index contributed by atoms with van der Waals surface area (Å²) in [5, 5.41) is 21.3. The molecule has 0 atom stereocenters. The van der Waals surface area contributed by atoms with Crippen molar-refractivity contribution >= 4 is 16.9 Å². The average Bonchev–Trinajstić information content (AvgIpc) is 3.55. The molecule has 5 heteroatoms. The predicted molar refractivity (Wildman–Crippen MR) is 112 cm³/mol. The van der Waals surface area contributed by atoms with Crippen LogP contribution in [0.4, 0.5) is 4.39 Å². The average molecular weight is 399 g/mol. The molecule has 0 unspecified atom stereocenters. The molecule has 1 aliphatic rings. The number of carbonyl (C=O) groups is 1. The van der Waals surface area contributed by atoms with E-state index >= 15 is 0 Å². The summed E-state index contributed by atoms with van der Waals surface area (Å²) in [5.41, 5.74) is 2.63. The lowest BCUT2D eigenvalue weighted by Gasteiger charge is -2.20. The van der Waals surface area contributed by atoms with Crippen LogP contribution in [0.25, 0.3) is 22.0 Å². The molecule has 1 fully saturated rings. The molecule has 0 saturated heterocycles. The second-order valence-corrected chi connectivity index (χ2v) is 7.65. The topological polar surface area (TPSA) is 70.4 Å². The third kappa shape index (κ3) is 2.74. The van der Waals surface area contributed by atoms with Gasteiger partial charge in [-0.25, -0.2) is 14.2 Å². The number of hydrogen-bond donors (Lipinski definition) is 2. The lowest BCUT2D eigenvalue weighted by atomic mass is 9.88. The molecule has 4 aromatic rings. The van der Waals surface area contributed by atoms with Gasteiger partial charge in [0.15, 0.2) is 5.75 Å². The van der Waals surface area contributed by atoms with Crippen LogP contribution in [0.5, 0.6) is 5.75 Å². The number of aromatic nitrogens is 1. The monoisotopic (exact) mass is 399 g/mol. The number of hydrogen-bond acceptors (Lipinski definition) is 3. The van der Waals surface area contributed by atoms with Gasteiger partial charge in [-0.05, 0) is 36.1 Å². The molecule has 3 aromatic carbocycles. The van der Waals surface area contributed by atoms with E-state index < -0.39 is 11.4 Å². The van der Waals surface area contributed by atoms with E-state index in [1.54, 1.807) is 24.3 Å². The van der Waals surface area contributed by atoms with Crippen molar-refractivity contribution in [2.45, 2.75) is 18.3 Å². The second kappa shape index (κ2) is 6.66. The Morgan fingerprint density at radius 1 is 0.933 bits per heavy atom. The molecular weight excluding hydrogens is 381 g/mol. The van der Waals surface area contributed by atoms with Crippen molar-refractivity contribution in [2.24, 2.45) is 0 Å². The van der Waals surface area contributed by atoms with Crippen molar-refractivity contribution in [3.8, 4) is 16.9 Å². The standard InChI is InChI=1S/C25H18FNO3/c26-17-11-9-16(10-12-17)25(13-14-25)23-22(28)20(24(29)30)19-8-4-7-18(21(19)27-23)15-5-2-1-3-6-15/h1-12,28H,13-14H2,(H,29,30). The highest BCUT2D eigenvalue weighted by Crippen LogP contribution is 2.56. The first-order valence-corrected chi connectivity index (χ1v) is 9.72. The van der Waals surface area contributed by atoms with Gasteiger partial charge in [0.05, 0.1) is 11.2 Å². The van der Waals surface area contributed by atoms with Gasteiger partial charge < -0.3 is 10.2 Å². The normalized spacial score (nSPS) is 14.6. The molecule has 1 aliphatic carbocycles. The van der Waals surface area contributed by atoms with Gasteiger partial charge in [-0.3, -0.25) is 0 Å². The van der Waals surface area contributed by atoms with Gasteiger partial charge in [0.2, 0.25) is 0 Å². The number of para-hydroxylation sites is 1. The Kier molecular flexibility index (Phi) is 4.07. The fraction of sp³-hybridized carbons (Fsp3) is 0.120. The van der Waals surface area contributed by atoms with Crippen LogP contribution in [0, 0.1) is 5.82 Å². The summed E-state index contributed by atoms with van der Waals surface area (Å²) in [7, 11) is 0. The van der Waals surface area contributed by atoms with Gasteiger partial charge in [-0.2, -0.15) is 0 Å². The molecule has 0 spiro atoms. The summed E-state index contributed by atoms with van der Waals surface area (Å²) in [4.78, 5) is 16.9. The van der Waals surface area contributed by atoms with Crippen LogP contribution in [0.2, 0.25) is 0 Å². The van der Waals surface area contributed by atoms with Crippen LogP contribution < -0.4 is 0 Å². The smallest absolute Gasteiger partial charge is 0.340 e. The van der Waals surface area contributed by atoms with Crippen LogP contribution in [0.3, 0.4) is 0 Å². The van der Waals surface area contributed by atoms with Crippen molar-refractivity contribution < 1.29 is 19.4 Å². The lowest BCUT2D eigenvalue weighted by Crippen LogP contribution is -2.14. The lowest BCUT2D eigenvalue weighted by molar-refractivity contribution is 0.0695. The van der Waals surface area contributed by atoms with Crippen LogP contribution in [0.15, 0.2) is 72.8 Å². The van der Waals surface area contributed by atoms with E-state index in [4.69, 9.17) is 4.98 Å². The highest BCUT2D eigenvalue weighted by molar-refractivity contribution is 6.09. The van der Waals surface area contributed by atoms with Gasteiger partial charge in [-0.1, -0.05) is 60.7 Å². The number of aromatic carboxylic acids is 1. The summed E-state index contributed by atoms with van der Waals surface area (Å²) in [6.07, 6.45) is 1.41. The Morgan fingerprint density at radius 2 is 1.63 bits per heavy atom. The molecule has 1 aromatic heterocycles. The minimum absolute atomic E-state index is 0.152. The van der Waals surface area contributed by atoms with Crippen LogP contribution >= 0.6 is 0 Å². The number of rotatable bonds is 4. The van der Waals surface area contributed by atoms with Crippen molar-refractivity contribution in [1.29, 1.82) is 0 Å². The number of fused-ring (bicyclic) bond motifs is 1. The first-order chi connectivity index (χ1) is 14.5. The Hall–Kier alpha value is -3.73. The van der Waals surface area contributed by atoms with Gasteiger partial charge in [-0.15, -0.1) is 0 Å². The first kappa shape index (κ1) is 18.3. The zero-order chi connectivity index (χ0) is 20.9. The van der Waals surface area contributed by atoms with Gasteiger partial charge in [0, 0.05) is 16.4 Å². The van der Waals surface area contributed by atoms with E-state index in [0.717, 1.165) is 16.7 Å². The molecule has 4 nitrogen and oxygen atoms in total. The maximum absolute atomic E-state index is 13.5. The molecule has 1 saturated carbocycles. The quantitative estimate of drug-likeness (QED) is 0.474. The van der Waals surface area contributed by atoms with E-state index in [-0.39, 0.29) is 17.1 Å². The largest absolute Gasteiger partial charge is 0.505 e. The minimum Gasteiger partial charge on any atom is -0.505 e. The maximum Gasteiger partial charge on any atom is 0.340 e. The zero-order valence-corrected chi connectivity index (χ0v) is 16.0. The summed E-state index contributed by atoms with van der Waals surface area (Å²) in [6, 6.07) is 21.1. The molecule has 0 radical (unpaired) electrons. The Bertz CT molecular complexity index is 1280. The molecule has 5 rings (SSSR count). The van der Waals surface area contributed by atoms with E-state index in [0.29, 0.717) is 29.4 Å². The number of carboxylic acids is 1. The number of aromatic hydroxyl groups is 1. The molecule has 30 heavy (non-hydrogen) atoms. The van der Waals surface area contributed by atoms with E-state index in [9.17, 15) is 19.4 Å². The Balaban J connectivity index is 1.82. The molecule has 148 valence electrons. The zero-order valence-electron chi connectivity index (χ0n) is 16.0. The van der Waals surface area contributed by atoms with Crippen molar-refractivity contribution in [3.63, 3.8) is 0 Å². The number of nitrogens with zero attached hydrogens (tertiary/aromatic N) is 1. The fourth-order valence-electron chi connectivity index (χ4n) is 4.23. The molecule has 2 N–H and O–H groups in total. The van der Waals surface area contributed by atoms with Gasteiger partial charge in [0.25, 0.3) is 0 Å². The highest BCUT2D eigenvalue weighted by Gasteiger charge is 2.50. The summed E-state index contributed by atoms with van der Waals surface area (Å²) < 4.78 is 13.5. The Labute approximate surface area is 172 Å². The third-order valence-corrected chi connectivity index (χ3v) is 5.89. The van der Waals surface area contributed by atoms with Gasteiger partial charge >= 0.3 is 5.97 Å². The van der Waals surface area contributed by atoms with Crippen molar-refractivity contribution in [1.82, 2.24) is 4.98 Å². The second-order valence-electron chi connectivity index (χ2n) is 7.65. The number of carboxylic acid groups (broad SMARTS) is 1. The van der Waals surface area contributed by atoms with E-state index in [1.807, 2.05) is 36.4 Å². The predicted octanol–water partition coefficient (Wildman–Crippen LogP) is 5.52. The summed E-state index contributed by atoms with van der Waals surface area (Å²) >= 11 is 0. The number of halogens is 1. The Morgan fingerprint density at radius 3 is 2.27 bits per heavy atom. The first-order valence-electron chi connectivity index (χ1n) is 9.72. The van der Waals surface area contributed by atoms with Crippen molar-refractivity contribution in [3.05, 3.63) is 95.4 Å². The molecule has 1 heterocycles. The third-order valence-electron chi connectivity index (χ3n) is 5.89. The van der Waals surface area contributed by atoms with Crippen LogP contribution in [-0.4, -0.2) is 21.2 Å². The van der Waals surface area contributed by atoms with E-state index in [1.165, 1.54) is 12.1 Å². The summed E-state index contributed by atoms with van der Waals surface area (Å²) in [5.74, 6) is -1.87.